The number of methoxy groups -OCH3 is 1. The molecule has 1 aliphatic heterocycles. The van der Waals surface area contributed by atoms with E-state index in [1.807, 2.05) is 0 Å². The minimum atomic E-state index is -4.99. The smallest absolute Gasteiger partial charge is 0.438 e. The van der Waals surface area contributed by atoms with Crippen LogP contribution in [0, 0.1) is 0 Å². The number of imidazole rings is 1. The van der Waals surface area contributed by atoms with Gasteiger partial charge < -0.3 is 10.1 Å². The van der Waals surface area contributed by atoms with Gasteiger partial charge in [0.15, 0.2) is 0 Å². The van der Waals surface area contributed by atoms with E-state index in [0.29, 0.717) is 11.1 Å². The fourth-order valence-corrected chi connectivity index (χ4v) is 4.05. The number of nitrogens with zero attached hydrogens (tertiary/aromatic N) is 2. The summed E-state index contributed by atoms with van der Waals surface area (Å²) in [5.41, 5.74) is -2.16. The highest BCUT2D eigenvalue weighted by molar-refractivity contribution is 6.12. The van der Waals surface area contributed by atoms with E-state index in [4.69, 9.17) is 4.74 Å². The van der Waals surface area contributed by atoms with E-state index in [-0.39, 0.29) is 28.3 Å². The number of para-hydroxylation sites is 3. The van der Waals surface area contributed by atoms with Gasteiger partial charge in [-0.3, -0.25) is 9.36 Å². The van der Waals surface area contributed by atoms with Gasteiger partial charge in [-0.15, -0.1) is 0 Å². The predicted molar refractivity (Wildman–Crippen MR) is 110 cm³/mol. The quantitative estimate of drug-likeness (QED) is 0.490. The third-order valence-electron chi connectivity index (χ3n) is 5.45. The number of ketones is 1. The monoisotopic (exact) mass is 423 g/mol. The molecule has 8 heteroatoms. The molecule has 2 heterocycles. The lowest BCUT2D eigenvalue weighted by molar-refractivity contribution is -0.186. The molecular formula is C23H16F3N3O2. The zero-order chi connectivity index (χ0) is 21.8. The van der Waals surface area contributed by atoms with Crippen molar-refractivity contribution in [2.75, 3.05) is 12.4 Å². The third-order valence-corrected chi connectivity index (χ3v) is 5.45. The summed E-state index contributed by atoms with van der Waals surface area (Å²) in [4.78, 5) is 18.1. The summed E-state index contributed by atoms with van der Waals surface area (Å²) in [6.07, 6.45) is -4.99. The number of aromatic nitrogens is 2. The van der Waals surface area contributed by atoms with E-state index in [2.05, 4.69) is 10.3 Å². The SMILES string of the molecule is COc1ccc2c(c1)C(=O)C(Nc1ccccc1)(C(F)(F)F)n1c-2nc2ccccc21. The van der Waals surface area contributed by atoms with E-state index in [1.165, 1.54) is 31.4 Å². The molecule has 1 aromatic heterocycles. The van der Waals surface area contributed by atoms with E-state index in [0.717, 1.165) is 4.57 Å². The molecule has 1 unspecified atom stereocenters. The van der Waals surface area contributed by atoms with Crippen LogP contribution in [0.3, 0.4) is 0 Å². The van der Waals surface area contributed by atoms with Gasteiger partial charge in [-0.1, -0.05) is 30.3 Å². The summed E-state index contributed by atoms with van der Waals surface area (Å²) < 4.78 is 50.9. The summed E-state index contributed by atoms with van der Waals surface area (Å²) in [5.74, 6) is -0.792. The molecule has 156 valence electrons. The number of halogens is 3. The molecule has 0 saturated heterocycles. The van der Waals surface area contributed by atoms with Crippen LogP contribution in [-0.4, -0.2) is 28.6 Å². The lowest BCUT2D eigenvalue weighted by Crippen LogP contribution is -2.61. The molecule has 0 aliphatic carbocycles. The van der Waals surface area contributed by atoms with Crippen molar-refractivity contribution >= 4 is 22.5 Å². The molecule has 4 aromatic rings. The Labute approximate surface area is 175 Å². The minimum absolute atomic E-state index is 0.0548. The van der Waals surface area contributed by atoms with Crippen molar-refractivity contribution in [2.45, 2.75) is 11.8 Å². The first kappa shape index (κ1) is 19.2. The Hall–Kier alpha value is -3.81. The van der Waals surface area contributed by atoms with Crippen LogP contribution < -0.4 is 10.1 Å². The Morgan fingerprint density at radius 1 is 0.968 bits per heavy atom. The number of rotatable bonds is 3. The number of alkyl halides is 3. The van der Waals surface area contributed by atoms with Crippen LogP contribution in [0.4, 0.5) is 18.9 Å². The van der Waals surface area contributed by atoms with Gasteiger partial charge in [-0.05, 0) is 42.5 Å². The fraction of sp³-hybridized carbons (Fsp3) is 0.130. The van der Waals surface area contributed by atoms with Crippen LogP contribution in [-0.2, 0) is 5.66 Å². The zero-order valence-corrected chi connectivity index (χ0v) is 16.3. The highest BCUT2D eigenvalue weighted by atomic mass is 19.4. The van der Waals surface area contributed by atoms with Gasteiger partial charge in [0.1, 0.15) is 11.6 Å². The van der Waals surface area contributed by atoms with Gasteiger partial charge in [0.2, 0.25) is 5.78 Å². The molecule has 5 nitrogen and oxygen atoms in total. The predicted octanol–water partition coefficient (Wildman–Crippen LogP) is 5.24. The van der Waals surface area contributed by atoms with Crippen LogP contribution in [0.2, 0.25) is 0 Å². The molecule has 1 aliphatic rings. The van der Waals surface area contributed by atoms with Gasteiger partial charge in [0, 0.05) is 16.8 Å². The number of nitrogens with one attached hydrogen (secondary N) is 1. The number of ether oxygens (including phenoxy) is 1. The number of carbonyl (C=O) groups excluding carboxylic acids is 1. The van der Waals surface area contributed by atoms with Gasteiger partial charge in [0.05, 0.1) is 18.1 Å². The summed E-state index contributed by atoms with van der Waals surface area (Å²) in [6, 6.07) is 18.8. The number of Topliss-reactive ketones (excluding diaryl/α,β-unsaturated/α-hetero) is 1. The highest BCUT2D eigenvalue weighted by Crippen LogP contribution is 2.49. The molecule has 0 fully saturated rings. The first-order valence-electron chi connectivity index (χ1n) is 9.48. The largest absolute Gasteiger partial charge is 0.497 e. The molecule has 0 saturated carbocycles. The van der Waals surface area contributed by atoms with Crippen molar-refractivity contribution in [2.24, 2.45) is 0 Å². The van der Waals surface area contributed by atoms with Crippen molar-refractivity contribution in [3.05, 3.63) is 78.4 Å². The van der Waals surface area contributed by atoms with E-state index < -0.39 is 17.6 Å². The van der Waals surface area contributed by atoms with Crippen molar-refractivity contribution in [1.82, 2.24) is 9.55 Å². The zero-order valence-electron chi connectivity index (χ0n) is 16.3. The summed E-state index contributed by atoms with van der Waals surface area (Å²) in [7, 11) is 1.39. The average Bonchev–Trinajstić information content (AvgIpc) is 3.16. The first-order chi connectivity index (χ1) is 14.9. The van der Waals surface area contributed by atoms with Gasteiger partial charge in [0.25, 0.3) is 5.66 Å². The second-order valence-electron chi connectivity index (χ2n) is 7.20. The normalized spacial score (nSPS) is 17.9. The lowest BCUT2D eigenvalue weighted by Gasteiger charge is -2.41. The number of benzene rings is 3. The molecule has 1 atom stereocenters. The number of hydrogen-bond acceptors (Lipinski definition) is 4. The van der Waals surface area contributed by atoms with Crippen molar-refractivity contribution in [3.8, 4) is 17.1 Å². The maximum atomic E-state index is 14.9. The van der Waals surface area contributed by atoms with Gasteiger partial charge >= 0.3 is 6.18 Å². The van der Waals surface area contributed by atoms with Gasteiger partial charge in [-0.2, -0.15) is 13.2 Å². The number of carbonyl (C=O) groups is 1. The Kier molecular flexibility index (Phi) is 4.08. The average molecular weight is 423 g/mol. The molecule has 0 spiro atoms. The minimum Gasteiger partial charge on any atom is -0.497 e. The Bertz CT molecular complexity index is 1310. The van der Waals surface area contributed by atoms with Crippen molar-refractivity contribution in [3.63, 3.8) is 0 Å². The van der Waals surface area contributed by atoms with Crippen molar-refractivity contribution in [1.29, 1.82) is 0 Å². The second-order valence-corrected chi connectivity index (χ2v) is 7.20. The van der Waals surface area contributed by atoms with Gasteiger partial charge in [-0.25, -0.2) is 4.98 Å². The molecule has 0 amide bonds. The van der Waals surface area contributed by atoms with E-state index >= 15 is 0 Å². The first-order valence-corrected chi connectivity index (χ1v) is 9.48. The lowest BCUT2D eigenvalue weighted by atomic mass is 9.88. The van der Waals surface area contributed by atoms with Crippen LogP contribution in [0.1, 0.15) is 10.4 Å². The maximum absolute atomic E-state index is 14.9. The Balaban J connectivity index is 1.91. The number of anilines is 1. The summed E-state index contributed by atoms with van der Waals surface area (Å²) >= 11 is 0. The molecule has 3 aromatic carbocycles. The van der Waals surface area contributed by atoms with Crippen LogP contribution in [0.5, 0.6) is 5.75 Å². The summed E-state index contributed by atoms with van der Waals surface area (Å²) in [5, 5.41) is 2.50. The highest BCUT2D eigenvalue weighted by Gasteiger charge is 2.65. The molecule has 5 rings (SSSR count). The summed E-state index contributed by atoms with van der Waals surface area (Å²) in [6.45, 7) is 0. The van der Waals surface area contributed by atoms with Crippen LogP contribution in [0.15, 0.2) is 72.8 Å². The van der Waals surface area contributed by atoms with Crippen LogP contribution in [0.25, 0.3) is 22.4 Å². The molecular weight excluding hydrogens is 407 g/mol. The number of hydrogen-bond donors (Lipinski definition) is 1. The fourth-order valence-electron chi connectivity index (χ4n) is 4.05. The maximum Gasteiger partial charge on any atom is 0.438 e. The van der Waals surface area contributed by atoms with E-state index in [9.17, 15) is 18.0 Å². The standard InChI is InChI=1S/C23H16F3N3O2/c1-31-15-11-12-16-17(13-15)20(30)22(23(24,25)26,28-14-7-3-2-4-8-14)29-19-10-6-5-9-18(19)27-21(16)29/h2-13,28H,1H3. The third kappa shape index (κ3) is 2.64. The Morgan fingerprint density at radius 3 is 2.39 bits per heavy atom. The molecule has 31 heavy (non-hydrogen) atoms. The molecule has 0 bridgehead atoms. The topological polar surface area (TPSA) is 56.1 Å². The van der Waals surface area contributed by atoms with Crippen molar-refractivity contribution < 1.29 is 22.7 Å². The molecule has 1 N–H and O–H groups in total. The second kappa shape index (κ2) is 6.60. The molecule has 0 radical (unpaired) electrons. The Morgan fingerprint density at radius 2 is 1.68 bits per heavy atom. The number of fused-ring (bicyclic) bond motifs is 5. The van der Waals surface area contributed by atoms with Crippen LogP contribution >= 0.6 is 0 Å². The van der Waals surface area contributed by atoms with E-state index in [1.54, 1.807) is 48.5 Å².